The lowest BCUT2D eigenvalue weighted by Crippen LogP contribution is -2.09. The van der Waals surface area contributed by atoms with Crippen LogP contribution in [0, 0.1) is 30.0 Å². The second-order valence-electron chi connectivity index (χ2n) is 8.75. The van der Waals surface area contributed by atoms with E-state index in [1.165, 1.54) is 11.8 Å². The van der Waals surface area contributed by atoms with E-state index in [1.54, 1.807) is 24.4 Å². The van der Waals surface area contributed by atoms with Crippen molar-refractivity contribution in [2.75, 3.05) is 0 Å². The summed E-state index contributed by atoms with van der Waals surface area (Å²) in [5.41, 5.74) is 5.00. The van der Waals surface area contributed by atoms with E-state index in [0.29, 0.717) is 27.6 Å². The van der Waals surface area contributed by atoms with Gasteiger partial charge in [-0.1, -0.05) is 17.7 Å². The molecule has 32 heavy (non-hydrogen) atoms. The van der Waals surface area contributed by atoms with Gasteiger partial charge in [0, 0.05) is 23.2 Å². The van der Waals surface area contributed by atoms with Crippen LogP contribution in [-0.4, -0.2) is 19.4 Å². The quantitative estimate of drug-likeness (QED) is 0.512. The van der Waals surface area contributed by atoms with Crippen LogP contribution >= 0.6 is 0 Å². The molecule has 0 spiro atoms. The standard InChI is InChI=1S/C25H24N4O2S/c1-15-9-16(2)24(21(10-15)18-3-4-18)31-25-23(32(27,30)20-5-6-20)8-7-22(29-25)19-11-17(12-26)13-28-14-19/h7-11,13-14,18,20,27H,3-6H2,1-2H3. The van der Waals surface area contributed by atoms with E-state index in [-0.39, 0.29) is 11.1 Å². The van der Waals surface area contributed by atoms with Crippen LogP contribution < -0.4 is 4.74 Å². The maximum atomic E-state index is 13.4. The molecule has 1 unspecified atom stereocenters. The number of nitrogens with zero attached hydrogens (tertiary/aromatic N) is 3. The maximum Gasteiger partial charge on any atom is 0.237 e. The molecule has 3 aromatic rings. The van der Waals surface area contributed by atoms with Gasteiger partial charge in [0.25, 0.3) is 0 Å². The lowest BCUT2D eigenvalue weighted by atomic mass is 10.0. The molecule has 7 heteroatoms. The van der Waals surface area contributed by atoms with Crippen molar-refractivity contribution in [3.05, 3.63) is 65.0 Å². The van der Waals surface area contributed by atoms with Crippen molar-refractivity contribution in [3.63, 3.8) is 0 Å². The van der Waals surface area contributed by atoms with Crippen LogP contribution in [0.3, 0.4) is 0 Å². The van der Waals surface area contributed by atoms with Crippen LogP contribution in [0.2, 0.25) is 0 Å². The second kappa shape index (κ2) is 7.72. The van der Waals surface area contributed by atoms with Gasteiger partial charge in [0.05, 0.1) is 21.0 Å². The highest BCUT2D eigenvalue weighted by Gasteiger charge is 2.37. The number of rotatable bonds is 6. The molecule has 2 heterocycles. The largest absolute Gasteiger partial charge is 0.437 e. The van der Waals surface area contributed by atoms with E-state index in [4.69, 9.17) is 14.5 Å². The number of ether oxygens (including phenoxy) is 1. The molecule has 5 rings (SSSR count). The molecular weight excluding hydrogens is 420 g/mol. The zero-order chi connectivity index (χ0) is 22.5. The first kappa shape index (κ1) is 20.7. The highest BCUT2D eigenvalue weighted by molar-refractivity contribution is 7.93. The Morgan fingerprint density at radius 1 is 1.12 bits per heavy atom. The van der Waals surface area contributed by atoms with E-state index < -0.39 is 9.73 Å². The van der Waals surface area contributed by atoms with Crippen molar-refractivity contribution in [2.45, 2.75) is 55.6 Å². The van der Waals surface area contributed by atoms with Gasteiger partial charge >= 0.3 is 0 Å². The highest BCUT2D eigenvalue weighted by atomic mass is 32.2. The maximum absolute atomic E-state index is 13.4. The molecule has 1 atom stereocenters. The fraction of sp³-hybridized carbons (Fsp3) is 0.320. The monoisotopic (exact) mass is 444 g/mol. The van der Waals surface area contributed by atoms with Gasteiger partial charge in [-0.15, -0.1) is 0 Å². The Bertz CT molecular complexity index is 1370. The fourth-order valence-electron chi connectivity index (χ4n) is 4.03. The number of aryl methyl sites for hydroxylation is 2. The second-order valence-corrected chi connectivity index (χ2v) is 11.1. The topological polar surface area (TPSA) is 99.7 Å². The SMILES string of the molecule is Cc1cc(C)c(Oc2nc(-c3cncc(C#N)c3)ccc2S(=N)(=O)C2CC2)c(C2CC2)c1. The molecule has 0 aliphatic heterocycles. The number of pyridine rings is 2. The van der Waals surface area contributed by atoms with E-state index in [2.05, 4.69) is 30.1 Å². The smallest absolute Gasteiger partial charge is 0.237 e. The van der Waals surface area contributed by atoms with Crippen molar-refractivity contribution in [1.82, 2.24) is 9.97 Å². The van der Waals surface area contributed by atoms with E-state index >= 15 is 0 Å². The Hall–Kier alpha value is -3.24. The fourth-order valence-corrected chi connectivity index (χ4v) is 5.81. The molecule has 0 bridgehead atoms. The molecule has 0 radical (unpaired) electrons. The van der Waals surface area contributed by atoms with E-state index in [1.807, 2.05) is 6.92 Å². The first-order valence-electron chi connectivity index (χ1n) is 10.8. The summed E-state index contributed by atoms with van der Waals surface area (Å²) >= 11 is 0. The summed E-state index contributed by atoms with van der Waals surface area (Å²) in [7, 11) is -3.02. The predicted molar refractivity (Wildman–Crippen MR) is 122 cm³/mol. The molecule has 2 saturated carbocycles. The number of aromatic nitrogens is 2. The molecule has 2 aromatic heterocycles. The van der Waals surface area contributed by atoms with Gasteiger partial charge in [0.1, 0.15) is 16.7 Å². The summed E-state index contributed by atoms with van der Waals surface area (Å²) in [5.74, 6) is 1.43. The van der Waals surface area contributed by atoms with Gasteiger partial charge in [0.2, 0.25) is 5.88 Å². The molecule has 0 amide bonds. The summed E-state index contributed by atoms with van der Waals surface area (Å²) in [6.07, 6.45) is 6.96. The zero-order valence-corrected chi connectivity index (χ0v) is 18.9. The number of benzene rings is 1. The molecule has 6 nitrogen and oxygen atoms in total. The third-order valence-electron chi connectivity index (χ3n) is 5.97. The predicted octanol–water partition coefficient (Wildman–Crippen LogP) is 5.87. The summed E-state index contributed by atoms with van der Waals surface area (Å²) in [5, 5.41) is 9.07. The third kappa shape index (κ3) is 3.87. The number of hydrogen-bond donors (Lipinski definition) is 1. The molecule has 1 N–H and O–H groups in total. The zero-order valence-electron chi connectivity index (χ0n) is 18.1. The Morgan fingerprint density at radius 2 is 1.91 bits per heavy atom. The summed E-state index contributed by atoms with van der Waals surface area (Å²) in [6.45, 7) is 4.09. The van der Waals surface area contributed by atoms with Gasteiger partial charge < -0.3 is 4.74 Å². The van der Waals surface area contributed by atoms with Crippen LogP contribution in [0.1, 0.15) is 53.9 Å². The normalized spacial score (nSPS) is 17.4. The van der Waals surface area contributed by atoms with Crippen LogP contribution in [-0.2, 0) is 9.73 Å². The molecule has 2 aliphatic rings. The molecule has 162 valence electrons. The van der Waals surface area contributed by atoms with Gasteiger partial charge in [-0.2, -0.15) is 5.26 Å². The van der Waals surface area contributed by atoms with Crippen LogP contribution in [0.4, 0.5) is 0 Å². The van der Waals surface area contributed by atoms with Crippen molar-refractivity contribution in [1.29, 1.82) is 10.0 Å². The average Bonchev–Trinajstić information content (AvgIpc) is 3.67. The Balaban J connectivity index is 1.65. The molecule has 0 saturated heterocycles. The summed E-state index contributed by atoms with van der Waals surface area (Å²) in [4.78, 5) is 9.17. The van der Waals surface area contributed by atoms with Crippen LogP contribution in [0.15, 0.2) is 47.6 Å². The lowest BCUT2D eigenvalue weighted by Gasteiger charge is -2.18. The van der Waals surface area contributed by atoms with E-state index in [0.717, 1.165) is 42.6 Å². The van der Waals surface area contributed by atoms with Crippen LogP contribution in [0.25, 0.3) is 11.3 Å². The summed E-state index contributed by atoms with van der Waals surface area (Å²) in [6, 6.07) is 11.5. The van der Waals surface area contributed by atoms with Gasteiger partial charge in [-0.25, -0.2) is 14.0 Å². The number of nitrogens with one attached hydrogen (secondary N) is 1. The van der Waals surface area contributed by atoms with Crippen molar-refractivity contribution in [3.8, 4) is 29.0 Å². The molecular formula is C25H24N4O2S. The minimum absolute atomic E-state index is 0.150. The molecule has 1 aromatic carbocycles. The summed E-state index contributed by atoms with van der Waals surface area (Å²) < 4.78 is 28.4. The minimum atomic E-state index is -3.02. The lowest BCUT2D eigenvalue weighted by molar-refractivity contribution is 0.441. The van der Waals surface area contributed by atoms with Gasteiger partial charge in [0.15, 0.2) is 0 Å². The van der Waals surface area contributed by atoms with Crippen LogP contribution in [0.5, 0.6) is 11.6 Å². The third-order valence-corrected chi connectivity index (χ3v) is 8.35. The first-order valence-corrected chi connectivity index (χ1v) is 12.4. The number of hydrogen-bond acceptors (Lipinski definition) is 6. The van der Waals surface area contributed by atoms with E-state index in [9.17, 15) is 9.47 Å². The molecule has 2 fully saturated rings. The highest BCUT2D eigenvalue weighted by Crippen LogP contribution is 2.48. The van der Waals surface area contributed by atoms with Gasteiger partial charge in [-0.3, -0.25) is 4.98 Å². The van der Waals surface area contributed by atoms with Crippen molar-refractivity contribution in [2.24, 2.45) is 0 Å². The number of nitriles is 1. The first-order chi connectivity index (χ1) is 15.4. The average molecular weight is 445 g/mol. The van der Waals surface area contributed by atoms with Gasteiger partial charge in [-0.05, 0) is 74.8 Å². The Morgan fingerprint density at radius 3 is 2.59 bits per heavy atom. The van der Waals surface area contributed by atoms with Crippen molar-refractivity contribution >= 4 is 9.73 Å². The Kier molecular flexibility index (Phi) is 4.98. The Labute approximate surface area is 188 Å². The molecule has 2 aliphatic carbocycles. The minimum Gasteiger partial charge on any atom is -0.437 e. The van der Waals surface area contributed by atoms with Crippen molar-refractivity contribution < 1.29 is 8.95 Å².